The third kappa shape index (κ3) is 3.78. The molecule has 2 atom stereocenters. The summed E-state index contributed by atoms with van der Waals surface area (Å²) in [6.07, 6.45) is 0. The van der Waals surface area contributed by atoms with E-state index in [2.05, 4.69) is 21.2 Å². The molecule has 1 N–H and O–H groups in total. The van der Waals surface area contributed by atoms with E-state index in [1.54, 1.807) is 0 Å². The van der Waals surface area contributed by atoms with Gasteiger partial charge in [0.1, 0.15) is 5.82 Å². The standard InChI is InChI=1S/C16H15BrCl2FN/c1-9(11-5-3-4-6-12(11)17)21-10(2)15-13(18)7-8-14(20)16(15)19/h3-10,21H,1-2H3/t9-,10?/m0/s1. The second-order valence-electron chi connectivity index (χ2n) is 4.89. The maximum atomic E-state index is 13.6. The first kappa shape index (κ1) is 16.8. The van der Waals surface area contributed by atoms with Gasteiger partial charge >= 0.3 is 0 Å². The quantitative estimate of drug-likeness (QED) is 0.603. The zero-order chi connectivity index (χ0) is 15.6. The molecule has 2 rings (SSSR count). The fraction of sp³-hybridized carbons (Fsp3) is 0.250. The van der Waals surface area contributed by atoms with E-state index in [9.17, 15) is 4.39 Å². The normalized spacial score (nSPS) is 14.0. The molecule has 0 aromatic heterocycles. The van der Waals surface area contributed by atoms with E-state index in [0.29, 0.717) is 10.6 Å². The molecule has 0 amide bonds. The van der Waals surface area contributed by atoms with Crippen molar-refractivity contribution in [1.29, 1.82) is 0 Å². The zero-order valence-corrected chi connectivity index (χ0v) is 14.7. The van der Waals surface area contributed by atoms with Crippen molar-refractivity contribution in [3.05, 3.63) is 67.9 Å². The first-order chi connectivity index (χ1) is 9.91. The number of rotatable bonds is 4. The Bertz CT molecular complexity index is 648. The summed E-state index contributed by atoms with van der Waals surface area (Å²) >= 11 is 15.7. The summed E-state index contributed by atoms with van der Waals surface area (Å²) in [7, 11) is 0. The fourth-order valence-corrected chi connectivity index (χ4v) is 3.64. The van der Waals surface area contributed by atoms with Gasteiger partial charge in [0.05, 0.1) is 5.02 Å². The molecule has 0 fully saturated rings. The SMILES string of the molecule is CC(N[C@@H](C)c1ccccc1Br)c1c(Cl)ccc(F)c1Cl. The van der Waals surface area contributed by atoms with Gasteiger partial charge in [0, 0.05) is 27.1 Å². The average molecular weight is 391 g/mol. The first-order valence-electron chi connectivity index (χ1n) is 6.55. The maximum Gasteiger partial charge on any atom is 0.142 e. The third-order valence-electron chi connectivity index (χ3n) is 3.38. The second-order valence-corrected chi connectivity index (χ2v) is 6.53. The maximum absolute atomic E-state index is 13.6. The van der Waals surface area contributed by atoms with Crippen molar-refractivity contribution in [3.8, 4) is 0 Å². The highest BCUT2D eigenvalue weighted by molar-refractivity contribution is 9.10. The highest BCUT2D eigenvalue weighted by atomic mass is 79.9. The lowest BCUT2D eigenvalue weighted by molar-refractivity contribution is 0.491. The first-order valence-corrected chi connectivity index (χ1v) is 8.10. The molecule has 0 saturated carbocycles. The molecule has 1 unspecified atom stereocenters. The fourth-order valence-electron chi connectivity index (χ4n) is 2.31. The highest BCUT2D eigenvalue weighted by Gasteiger charge is 2.19. The molecule has 0 aliphatic carbocycles. The minimum Gasteiger partial charge on any atom is -0.304 e. The van der Waals surface area contributed by atoms with Crippen LogP contribution in [0.2, 0.25) is 10.0 Å². The summed E-state index contributed by atoms with van der Waals surface area (Å²) < 4.78 is 14.6. The van der Waals surface area contributed by atoms with E-state index < -0.39 is 5.82 Å². The molecular weight excluding hydrogens is 376 g/mol. The predicted molar refractivity (Wildman–Crippen MR) is 90.5 cm³/mol. The lowest BCUT2D eigenvalue weighted by Gasteiger charge is -2.23. The second kappa shape index (κ2) is 7.10. The Kier molecular flexibility index (Phi) is 5.67. The molecule has 2 aromatic rings. The van der Waals surface area contributed by atoms with Crippen LogP contribution < -0.4 is 5.32 Å². The average Bonchev–Trinajstić information content (AvgIpc) is 2.43. The van der Waals surface area contributed by atoms with E-state index in [0.717, 1.165) is 10.0 Å². The van der Waals surface area contributed by atoms with Gasteiger partial charge in [-0.3, -0.25) is 0 Å². The van der Waals surface area contributed by atoms with Crippen molar-refractivity contribution in [2.75, 3.05) is 0 Å². The molecule has 112 valence electrons. The number of benzene rings is 2. The van der Waals surface area contributed by atoms with Crippen LogP contribution in [0.5, 0.6) is 0 Å². The van der Waals surface area contributed by atoms with E-state index in [-0.39, 0.29) is 17.1 Å². The van der Waals surface area contributed by atoms with Gasteiger partial charge in [-0.25, -0.2) is 4.39 Å². The molecule has 2 aromatic carbocycles. The minimum absolute atomic E-state index is 0.0611. The number of halogens is 4. The lowest BCUT2D eigenvalue weighted by atomic mass is 10.0. The summed E-state index contributed by atoms with van der Waals surface area (Å²) in [5, 5.41) is 3.93. The van der Waals surface area contributed by atoms with Crippen LogP contribution in [0.3, 0.4) is 0 Å². The minimum atomic E-state index is -0.460. The van der Waals surface area contributed by atoms with Crippen molar-refractivity contribution in [2.45, 2.75) is 25.9 Å². The molecule has 1 nitrogen and oxygen atoms in total. The van der Waals surface area contributed by atoms with Crippen molar-refractivity contribution < 1.29 is 4.39 Å². The van der Waals surface area contributed by atoms with Crippen LogP contribution in [0.1, 0.15) is 37.1 Å². The molecule has 0 spiro atoms. The summed E-state index contributed by atoms with van der Waals surface area (Å²) in [4.78, 5) is 0. The van der Waals surface area contributed by atoms with Gasteiger partial charge in [0.15, 0.2) is 0 Å². The summed E-state index contributed by atoms with van der Waals surface area (Å²) in [5.74, 6) is -0.460. The third-order valence-corrected chi connectivity index (χ3v) is 4.82. The van der Waals surface area contributed by atoms with Crippen molar-refractivity contribution in [2.24, 2.45) is 0 Å². The van der Waals surface area contributed by atoms with Gasteiger partial charge in [-0.05, 0) is 37.6 Å². The zero-order valence-electron chi connectivity index (χ0n) is 11.6. The molecule has 0 radical (unpaired) electrons. The van der Waals surface area contributed by atoms with Crippen LogP contribution in [0.25, 0.3) is 0 Å². The Hall–Kier alpha value is -0.610. The lowest BCUT2D eigenvalue weighted by Crippen LogP contribution is -2.23. The van der Waals surface area contributed by atoms with Crippen LogP contribution in [-0.2, 0) is 0 Å². The van der Waals surface area contributed by atoms with Gasteiger partial charge in [-0.1, -0.05) is 57.3 Å². The summed E-state index contributed by atoms with van der Waals surface area (Å²) in [6, 6.07) is 10.6. The summed E-state index contributed by atoms with van der Waals surface area (Å²) in [5.41, 5.74) is 1.70. The topological polar surface area (TPSA) is 12.0 Å². The van der Waals surface area contributed by atoms with Gasteiger partial charge < -0.3 is 5.32 Å². The Labute approximate surface area is 142 Å². The van der Waals surface area contributed by atoms with E-state index in [4.69, 9.17) is 23.2 Å². The molecule has 0 aliphatic heterocycles. The molecule has 5 heteroatoms. The van der Waals surface area contributed by atoms with Gasteiger partial charge in [-0.15, -0.1) is 0 Å². The molecule has 0 saturated heterocycles. The van der Waals surface area contributed by atoms with E-state index in [1.165, 1.54) is 12.1 Å². The molecule has 21 heavy (non-hydrogen) atoms. The van der Waals surface area contributed by atoms with Crippen molar-refractivity contribution in [1.82, 2.24) is 5.32 Å². The van der Waals surface area contributed by atoms with Crippen LogP contribution in [0, 0.1) is 5.82 Å². The Morgan fingerprint density at radius 3 is 2.38 bits per heavy atom. The highest BCUT2D eigenvalue weighted by Crippen LogP contribution is 2.34. The molecule has 0 aliphatic rings. The monoisotopic (exact) mass is 389 g/mol. The molecule has 0 bridgehead atoms. The molecule has 0 heterocycles. The van der Waals surface area contributed by atoms with Crippen molar-refractivity contribution >= 4 is 39.1 Å². The van der Waals surface area contributed by atoms with Crippen LogP contribution in [0.4, 0.5) is 4.39 Å². The van der Waals surface area contributed by atoms with Gasteiger partial charge in [0.25, 0.3) is 0 Å². The predicted octanol–water partition coefficient (Wildman–Crippen LogP) is 6.31. The summed E-state index contributed by atoms with van der Waals surface area (Å²) in [6.45, 7) is 3.96. The smallest absolute Gasteiger partial charge is 0.142 e. The number of hydrogen-bond donors (Lipinski definition) is 1. The Morgan fingerprint density at radius 1 is 1.05 bits per heavy atom. The van der Waals surface area contributed by atoms with E-state index in [1.807, 2.05) is 38.1 Å². The van der Waals surface area contributed by atoms with Crippen LogP contribution in [-0.4, -0.2) is 0 Å². The van der Waals surface area contributed by atoms with Crippen LogP contribution >= 0.6 is 39.1 Å². The van der Waals surface area contributed by atoms with E-state index >= 15 is 0 Å². The molecular formula is C16H15BrCl2FN. The number of nitrogens with one attached hydrogen (secondary N) is 1. The van der Waals surface area contributed by atoms with Gasteiger partial charge in [-0.2, -0.15) is 0 Å². The van der Waals surface area contributed by atoms with Gasteiger partial charge in [0.2, 0.25) is 0 Å². The van der Waals surface area contributed by atoms with Crippen LogP contribution in [0.15, 0.2) is 40.9 Å². The Morgan fingerprint density at radius 2 is 1.71 bits per heavy atom. The Balaban J connectivity index is 2.25. The number of hydrogen-bond acceptors (Lipinski definition) is 1. The van der Waals surface area contributed by atoms with Crippen molar-refractivity contribution in [3.63, 3.8) is 0 Å². The largest absolute Gasteiger partial charge is 0.304 e.